The van der Waals surface area contributed by atoms with Gasteiger partial charge in [0.25, 0.3) is 5.91 Å². The molecule has 1 unspecified atom stereocenters. The lowest BCUT2D eigenvalue weighted by Gasteiger charge is -2.16. The monoisotopic (exact) mass is 362 g/mol. The van der Waals surface area contributed by atoms with Gasteiger partial charge in [0.15, 0.2) is 0 Å². The van der Waals surface area contributed by atoms with Crippen molar-refractivity contribution in [3.8, 4) is 17.0 Å². The lowest BCUT2D eigenvalue weighted by molar-refractivity contribution is -0.120. The molecule has 2 aromatic carbocycles. The van der Waals surface area contributed by atoms with Crippen LogP contribution >= 0.6 is 0 Å². The molecule has 0 bridgehead atoms. The summed E-state index contributed by atoms with van der Waals surface area (Å²) in [6.07, 6.45) is 2.54. The van der Waals surface area contributed by atoms with Gasteiger partial charge in [-0.1, -0.05) is 35.0 Å². The molecule has 0 spiro atoms. The molecule has 1 aliphatic heterocycles. The second-order valence-electron chi connectivity index (χ2n) is 6.64. The fraction of sp³-hybridized carbons (Fsp3) is 0.286. The molecule has 0 N–H and O–H groups in total. The number of aromatic nitrogens is 3. The standard InChI is InChI=1S/C21H22N4O2/c1-3-27-20-7-5-4-6-17(20)18-14-25(23-22-18)19-12-13-24(21(19)26)16-10-8-15(2)9-11-16/h4-11,14,19H,3,12-13H2,1-2H3. The largest absolute Gasteiger partial charge is 0.493 e. The predicted octanol–water partition coefficient (Wildman–Crippen LogP) is 3.63. The van der Waals surface area contributed by atoms with Crippen LogP contribution in [0, 0.1) is 6.92 Å². The summed E-state index contributed by atoms with van der Waals surface area (Å²) in [5, 5.41) is 8.51. The van der Waals surface area contributed by atoms with Crippen molar-refractivity contribution in [2.24, 2.45) is 0 Å². The molecule has 0 aliphatic carbocycles. The van der Waals surface area contributed by atoms with Crippen molar-refractivity contribution in [1.29, 1.82) is 0 Å². The average Bonchev–Trinajstić information content (AvgIpc) is 3.30. The van der Waals surface area contributed by atoms with E-state index in [2.05, 4.69) is 10.3 Å². The van der Waals surface area contributed by atoms with E-state index in [1.807, 2.05) is 73.5 Å². The van der Waals surface area contributed by atoms with Gasteiger partial charge in [-0.3, -0.25) is 4.79 Å². The van der Waals surface area contributed by atoms with Crippen molar-refractivity contribution in [2.45, 2.75) is 26.3 Å². The quantitative estimate of drug-likeness (QED) is 0.695. The number of nitrogens with zero attached hydrogens (tertiary/aromatic N) is 4. The molecule has 1 saturated heterocycles. The minimum Gasteiger partial charge on any atom is -0.493 e. The molecule has 2 heterocycles. The molecule has 1 fully saturated rings. The van der Waals surface area contributed by atoms with Gasteiger partial charge < -0.3 is 9.64 Å². The molecule has 1 aliphatic rings. The molecule has 6 nitrogen and oxygen atoms in total. The molecular formula is C21H22N4O2. The Morgan fingerprint density at radius 2 is 1.93 bits per heavy atom. The van der Waals surface area contributed by atoms with Crippen molar-refractivity contribution < 1.29 is 9.53 Å². The zero-order chi connectivity index (χ0) is 18.8. The Bertz CT molecular complexity index is 949. The SMILES string of the molecule is CCOc1ccccc1-c1cn(C2CCN(c3ccc(C)cc3)C2=O)nn1. The van der Waals surface area contributed by atoms with Gasteiger partial charge in [0.05, 0.1) is 12.8 Å². The number of hydrogen-bond acceptors (Lipinski definition) is 4. The van der Waals surface area contributed by atoms with Crippen molar-refractivity contribution in [2.75, 3.05) is 18.1 Å². The maximum Gasteiger partial charge on any atom is 0.251 e. The Hall–Kier alpha value is -3.15. The Morgan fingerprint density at radius 1 is 1.15 bits per heavy atom. The summed E-state index contributed by atoms with van der Waals surface area (Å²) in [7, 11) is 0. The van der Waals surface area contributed by atoms with E-state index in [0.29, 0.717) is 25.3 Å². The van der Waals surface area contributed by atoms with E-state index in [4.69, 9.17) is 4.74 Å². The summed E-state index contributed by atoms with van der Waals surface area (Å²) in [4.78, 5) is 14.7. The molecule has 6 heteroatoms. The number of carbonyl (C=O) groups excluding carboxylic acids is 1. The van der Waals surface area contributed by atoms with Crippen LogP contribution in [0.25, 0.3) is 11.3 Å². The number of hydrogen-bond donors (Lipinski definition) is 0. The van der Waals surface area contributed by atoms with E-state index >= 15 is 0 Å². The fourth-order valence-corrected chi connectivity index (χ4v) is 3.40. The van der Waals surface area contributed by atoms with Gasteiger partial charge in [0, 0.05) is 17.8 Å². The number of para-hydroxylation sites is 1. The van der Waals surface area contributed by atoms with Crippen LogP contribution in [0.2, 0.25) is 0 Å². The van der Waals surface area contributed by atoms with Crippen LogP contribution in [-0.2, 0) is 4.79 Å². The summed E-state index contributed by atoms with van der Waals surface area (Å²) in [6.45, 7) is 5.25. The maximum absolute atomic E-state index is 12.9. The molecular weight excluding hydrogens is 340 g/mol. The summed E-state index contributed by atoms with van der Waals surface area (Å²) in [5.41, 5.74) is 3.69. The van der Waals surface area contributed by atoms with E-state index in [1.165, 1.54) is 5.56 Å². The summed E-state index contributed by atoms with van der Waals surface area (Å²) in [6, 6.07) is 15.4. The topological polar surface area (TPSA) is 60.2 Å². The Labute approximate surface area is 158 Å². The van der Waals surface area contributed by atoms with Crippen LogP contribution in [0.5, 0.6) is 5.75 Å². The minimum atomic E-state index is -0.327. The molecule has 1 aromatic heterocycles. The first-order valence-corrected chi connectivity index (χ1v) is 9.19. The fourth-order valence-electron chi connectivity index (χ4n) is 3.40. The van der Waals surface area contributed by atoms with Gasteiger partial charge >= 0.3 is 0 Å². The van der Waals surface area contributed by atoms with Gasteiger partial charge in [-0.25, -0.2) is 4.68 Å². The number of amides is 1. The second-order valence-corrected chi connectivity index (χ2v) is 6.64. The van der Waals surface area contributed by atoms with Gasteiger partial charge in [-0.2, -0.15) is 0 Å². The van der Waals surface area contributed by atoms with Crippen LogP contribution in [0.15, 0.2) is 54.7 Å². The van der Waals surface area contributed by atoms with Crippen LogP contribution < -0.4 is 9.64 Å². The van der Waals surface area contributed by atoms with E-state index in [9.17, 15) is 4.79 Å². The summed E-state index contributed by atoms with van der Waals surface area (Å²) >= 11 is 0. The van der Waals surface area contributed by atoms with Crippen LogP contribution in [0.3, 0.4) is 0 Å². The molecule has 1 amide bonds. The number of anilines is 1. The zero-order valence-electron chi connectivity index (χ0n) is 15.5. The molecule has 3 aromatic rings. The summed E-state index contributed by atoms with van der Waals surface area (Å²) < 4.78 is 7.35. The van der Waals surface area contributed by atoms with E-state index < -0.39 is 0 Å². The van der Waals surface area contributed by atoms with Gasteiger partial charge in [-0.15, -0.1) is 5.10 Å². The molecule has 138 valence electrons. The lowest BCUT2D eigenvalue weighted by atomic mass is 10.1. The maximum atomic E-state index is 12.9. The minimum absolute atomic E-state index is 0.0494. The number of ether oxygens (including phenoxy) is 1. The van der Waals surface area contributed by atoms with Crippen molar-refractivity contribution in [3.63, 3.8) is 0 Å². The number of carbonyl (C=O) groups is 1. The van der Waals surface area contributed by atoms with Crippen molar-refractivity contribution >= 4 is 11.6 Å². The molecule has 1 atom stereocenters. The first-order valence-electron chi connectivity index (χ1n) is 9.19. The Kier molecular flexibility index (Phi) is 4.62. The second kappa shape index (κ2) is 7.23. The number of aryl methyl sites for hydroxylation is 1. The number of benzene rings is 2. The average molecular weight is 362 g/mol. The van der Waals surface area contributed by atoms with Gasteiger partial charge in [-0.05, 0) is 44.5 Å². The highest BCUT2D eigenvalue weighted by Crippen LogP contribution is 2.31. The Morgan fingerprint density at radius 3 is 2.70 bits per heavy atom. The molecule has 0 saturated carbocycles. The van der Waals surface area contributed by atoms with Crippen molar-refractivity contribution in [1.82, 2.24) is 15.0 Å². The molecule has 0 radical (unpaired) electrons. The third kappa shape index (κ3) is 3.30. The first kappa shape index (κ1) is 17.3. The third-order valence-corrected chi connectivity index (χ3v) is 4.82. The third-order valence-electron chi connectivity index (χ3n) is 4.82. The van der Waals surface area contributed by atoms with E-state index in [-0.39, 0.29) is 11.9 Å². The summed E-state index contributed by atoms with van der Waals surface area (Å²) in [5.74, 6) is 0.819. The molecule has 4 rings (SSSR count). The van der Waals surface area contributed by atoms with Crippen LogP contribution in [0.1, 0.15) is 24.9 Å². The van der Waals surface area contributed by atoms with Gasteiger partial charge in [0.1, 0.15) is 17.5 Å². The zero-order valence-corrected chi connectivity index (χ0v) is 15.5. The lowest BCUT2D eigenvalue weighted by Crippen LogP contribution is -2.28. The highest BCUT2D eigenvalue weighted by Gasteiger charge is 2.34. The van der Waals surface area contributed by atoms with Crippen molar-refractivity contribution in [3.05, 3.63) is 60.3 Å². The van der Waals surface area contributed by atoms with Gasteiger partial charge in [0.2, 0.25) is 0 Å². The highest BCUT2D eigenvalue weighted by atomic mass is 16.5. The normalized spacial score (nSPS) is 16.7. The van der Waals surface area contributed by atoms with E-state index in [1.54, 1.807) is 4.68 Å². The van der Waals surface area contributed by atoms with E-state index in [0.717, 1.165) is 17.0 Å². The van der Waals surface area contributed by atoms with Crippen LogP contribution in [0.4, 0.5) is 5.69 Å². The molecule has 27 heavy (non-hydrogen) atoms. The Balaban J connectivity index is 1.57. The first-order chi connectivity index (χ1) is 13.2. The highest BCUT2D eigenvalue weighted by molar-refractivity contribution is 5.98. The number of rotatable bonds is 5. The smallest absolute Gasteiger partial charge is 0.251 e. The van der Waals surface area contributed by atoms with Crippen LogP contribution in [-0.4, -0.2) is 34.1 Å². The predicted molar refractivity (Wildman–Crippen MR) is 104 cm³/mol.